The van der Waals surface area contributed by atoms with Crippen molar-refractivity contribution in [1.82, 2.24) is 20.2 Å². The summed E-state index contributed by atoms with van der Waals surface area (Å²) < 4.78 is 22.9. The second-order valence-corrected chi connectivity index (χ2v) is 9.55. The third-order valence-electron chi connectivity index (χ3n) is 3.44. The van der Waals surface area contributed by atoms with Crippen molar-refractivity contribution in [3.8, 4) is 21.3 Å². The van der Waals surface area contributed by atoms with Gasteiger partial charge in [0.05, 0.1) is 21.6 Å². The second-order valence-electron chi connectivity index (χ2n) is 5.32. The second kappa shape index (κ2) is 7.02. The number of hydrogen-bond donors (Lipinski definition) is 3. The number of aromatic nitrogens is 4. The van der Waals surface area contributed by atoms with E-state index in [9.17, 15) is 8.42 Å². The van der Waals surface area contributed by atoms with Crippen molar-refractivity contribution in [2.75, 3.05) is 5.32 Å². The lowest BCUT2D eigenvalue weighted by Gasteiger charge is -2.05. The monoisotopic (exact) mass is 438 g/mol. The van der Waals surface area contributed by atoms with E-state index in [1.165, 1.54) is 12.3 Å². The zero-order valence-corrected chi connectivity index (χ0v) is 16.6. The number of aromatic amines is 1. The highest BCUT2D eigenvalue weighted by atomic mass is 35.5. The summed E-state index contributed by atoms with van der Waals surface area (Å²) in [5.41, 5.74) is 0.869. The van der Waals surface area contributed by atoms with Gasteiger partial charge in [-0.05, 0) is 23.6 Å². The molecule has 0 saturated carbocycles. The van der Waals surface area contributed by atoms with Crippen molar-refractivity contribution in [2.24, 2.45) is 5.14 Å². The van der Waals surface area contributed by atoms with Gasteiger partial charge in [-0.25, -0.2) is 23.5 Å². The van der Waals surface area contributed by atoms with E-state index in [0.717, 1.165) is 21.9 Å². The zero-order valence-electron chi connectivity index (χ0n) is 13.4. The first kappa shape index (κ1) is 18.1. The smallest absolute Gasteiger partial charge is 0.247 e. The summed E-state index contributed by atoms with van der Waals surface area (Å²) in [5, 5.41) is 17.6. The molecule has 0 bridgehead atoms. The molecule has 138 valence electrons. The predicted molar refractivity (Wildman–Crippen MR) is 107 cm³/mol. The van der Waals surface area contributed by atoms with Crippen molar-refractivity contribution < 1.29 is 8.42 Å². The van der Waals surface area contributed by atoms with Gasteiger partial charge >= 0.3 is 0 Å². The lowest BCUT2D eigenvalue weighted by molar-refractivity contribution is 0.600. The molecule has 0 radical (unpaired) electrons. The number of anilines is 2. The number of nitrogens with zero attached hydrogens (tertiary/aromatic N) is 3. The topological polar surface area (TPSA) is 127 Å². The highest BCUT2D eigenvalue weighted by Crippen LogP contribution is 2.31. The highest BCUT2D eigenvalue weighted by molar-refractivity contribution is 7.91. The number of thiophene rings is 2. The Balaban J connectivity index is 1.62. The van der Waals surface area contributed by atoms with Crippen molar-refractivity contribution >= 4 is 55.9 Å². The molecule has 4 aromatic heterocycles. The van der Waals surface area contributed by atoms with Crippen LogP contribution in [0.25, 0.3) is 21.3 Å². The molecule has 0 fully saturated rings. The molecule has 12 heteroatoms. The summed E-state index contributed by atoms with van der Waals surface area (Å²) in [7, 11) is -3.77. The van der Waals surface area contributed by atoms with Crippen LogP contribution in [0.15, 0.2) is 46.1 Å². The van der Waals surface area contributed by atoms with Gasteiger partial charge in [0.1, 0.15) is 9.23 Å². The Morgan fingerprint density at radius 3 is 2.78 bits per heavy atom. The lowest BCUT2D eigenvalue weighted by atomic mass is 10.3. The Labute approximate surface area is 167 Å². The minimum atomic E-state index is -3.77. The first-order valence-electron chi connectivity index (χ1n) is 7.42. The van der Waals surface area contributed by atoms with Gasteiger partial charge in [0.25, 0.3) is 0 Å². The lowest BCUT2D eigenvalue weighted by Crippen LogP contribution is -2.09. The van der Waals surface area contributed by atoms with E-state index in [1.807, 2.05) is 23.6 Å². The van der Waals surface area contributed by atoms with Crippen molar-refractivity contribution in [3.63, 3.8) is 0 Å². The number of rotatable bonds is 5. The molecular formula is C15H11ClN6O2S3. The van der Waals surface area contributed by atoms with Crippen LogP contribution in [-0.4, -0.2) is 28.6 Å². The van der Waals surface area contributed by atoms with Crippen LogP contribution in [0.4, 0.5) is 11.6 Å². The quantitative estimate of drug-likeness (QED) is 0.436. The number of primary sulfonamides is 1. The SMILES string of the molecule is NS(=O)(=O)c1ccc(-c2ncc(Cl)c(Nc3cc(-c4cccs4)[nH]n3)n2)s1. The Hall–Kier alpha value is -2.31. The molecule has 0 unspecified atom stereocenters. The van der Waals surface area contributed by atoms with Crippen LogP contribution in [0.2, 0.25) is 5.02 Å². The molecule has 8 nitrogen and oxygen atoms in total. The standard InChI is InChI=1S/C15H11ClN6O2S3/c16-8-7-18-15(11-3-4-13(26-11)27(17,23)24)20-14(8)19-12-6-9(21-22-12)10-2-1-5-25-10/h1-7H,(H2,17,23,24)(H2,18,19,20,21,22). The average Bonchev–Trinajstić information content (AvgIpc) is 3.37. The Morgan fingerprint density at radius 1 is 1.22 bits per heavy atom. The average molecular weight is 439 g/mol. The Morgan fingerprint density at radius 2 is 2.07 bits per heavy atom. The van der Waals surface area contributed by atoms with Gasteiger partial charge in [0.15, 0.2) is 17.5 Å². The Kier molecular flexibility index (Phi) is 4.70. The van der Waals surface area contributed by atoms with Crippen LogP contribution >= 0.6 is 34.3 Å². The van der Waals surface area contributed by atoms with E-state index in [4.69, 9.17) is 16.7 Å². The summed E-state index contributed by atoms with van der Waals surface area (Å²) in [6, 6.07) is 8.80. The van der Waals surface area contributed by atoms with Gasteiger partial charge in [0.2, 0.25) is 10.0 Å². The molecule has 0 atom stereocenters. The number of sulfonamides is 1. The molecule has 0 aliphatic carbocycles. The number of nitrogens with one attached hydrogen (secondary N) is 2. The molecular weight excluding hydrogens is 428 g/mol. The maximum atomic E-state index is 11.4. The van der Waals surface area contributed by atoms with Crippen molar-refractivity contribution in [2.45, 2.75) is 4.21 Å². The molecule has 0 saturated heterocycles. The molecule has 4 heterocycles. The molecule has 0 aliphatic heterocycles. The predicted octanol–water partition coefficient (Wildman–Crippen LogP) is 3.70. The largest absolute Gasteiger partial charge is 0.322 e. The van der Waals surface area contributed by atoms with Crippen molar-refractivity contribution in [3.05, 3.63) is 46.9 Å². The molecule has 4 aromatic rings. The number of H-pyrrole nitrogens is 1. The maximum Gasteiger partial charge on any atom is 0.247 e. The van der Waals surface area contributed by atoms with E-state index < -0.39 is 10.0 Å². The van der Waals surface area contributed by atoms with Crippen LogP contribution < -0.4 is 10.5 Å². The van der Waals surface area contributed by atoms with Gasteiger partial charge < -0.3 is 5.32 Å². The minimum Gasteiger partial charge on any atom is -0.322 e. The summed E-state index contributed by atoms with van der Waals surface area (Å²) >= 11 is 8.76. The number of nitrogens with two attached hydrogens (primary N) is 1. The van der Waals surface area contributed by atoms with Crippen LogP contribution in [0.5, 0.6) is 0 Å². The van der Waals surface area contributed by atoms with E-state index in [2.05, 4.69) is 25.5 Å². The van der Waals surface area contributed by atoms with Crippen LogP contribution in [0.1, 0.15) is 0 Å². The van der Waals surface area contributed by atoms with Gasteiger partial charge in [0, 0.05) is 6.07 Å². The van der Waals surface area contributed by atoms with Crippen LogP contribution in [-0.2, 0) is 10.0 Å². The summed E-state index contributed by atoms with van der Waals surface area (Å²) in [4.78, 5) is 10.1. The van der Waals surface area contributed by atoms with E-state index >= 15 is 0 Å². The first-order valence-corrected chi connectivity index (χ1v) is 11.0. The van der Waals surface area contributed by atoms with E-state index in [0.29, 0.717) is 27.4 Å². The molecule has 0 aliphatic rings. The fourth-order valence-corrected chi connectivity index (χ4v) is 4.73. The van der Waals surface area contributed by atoms with E-state index in [-0.39, 0.29) is 4.21 Å². The van der Waals surface area contributed by atoms with Crippen molar-refractivity contribution in [1.29, 1.82) is 0 Å². The normalized spacial score (nSPS) is 11.6. The summed E-state index contributed by atoms with van der Waals surface area (Å²) in [6.07, 6.45) is 1.44. The van der Waals surface area contributed by atoms with Crippen LogP contribution in [0, 0.1) is 0 Å². The molecule has 27 heavy (non-hydrogen) atoms. The third-order valence-corrected chi connectivity index (χ3v) is 7.14. The number of halogens is 1. The van der Waals surface area contributed by atoms with Gasteiger partial charge in [-0.3, -0.25) is 5.10 Å². The first-order chi connectivity index (χ1) is 12.9. The minimum absolute atomic E-state index is 0.0402. The molecule has 0 spiro atoms. The zero-order chi connectivity index (χ0) is 19.0. The number of hydrogen-bond acceptors (Lipinski definition) is 8. The third kappa shape index (κ3) is 3.87. The fraction of sp³-hybridized carbons (Fsp3) is 0. The fourth-order valence-electron chi connectivity index (χ4n) is 2.23. The molecule has 4 rings (SSSR count). The van der Waals surface area contributed by atoms with Crippen LogP contribution in [0.3, 0.4) is 0 Å². The van der Waals surface area contributed by atoms with E-state index in [1.54, 1.807) is 17.4 Å². The molecule has 4 N–H and O–H groups in total. The summed E-state index contributed by atoms with van der Waals surface area (Å²) in [5.74, 6) is 1.23. The summed E-state index contributed by atoms with van der Waals surface area (Å²) in [6.45, 7) is 0. The maximum absolute atomic E-state index is 11.4. The van der Waals surface area contributed by atoms with Gasteiger partial charge in [-0.1, -0.05) is 17.7 Å². The van der Waals surface area contributed by atoms with Gasteiger partial charge in [-0.2, -0.15) is 5.10 Å². The molecule has 0 amide bonds. The molecule has 0 aromatic carbocycles. The van der Waals surface area contributed by atoms with Gasteiger partial charge in [-0.15, -0.1) is 22.7 Å². The highest BCUT2D eigenvalue weighted by Gasteiger charge is 2.15. The Bertz CT molecular complexity index is 1200.